The highest BCUT2D eigenvalue weighted by Crippen LogP contribution is 2.23. The van der Waals surface area contributed by atoms with Crippen LogP contribution in [0.3, 0.4) is 0 Å². The molecule has 1 N–H and O–H groups in total. The first kappa shape index (κ1) is 18.9. The molecule has 0 spiro atoms. The van der Waals surface area contributed by atoms with Gasteiger partial charge < -0.3 is 15.1 Å². The van der Waals surface area contributed by atoms with Crippen LogP contribution >= 0.6 is 11.8 Å². The van der Waals surface area contributed by atoms with Crippen molar-refractivity contribution in [2.45, 2.75) is 51.2 Å². The first-order valence-electron chi connectivity index (χ1n) is 9.35. The minimum Gasteiger partial charge on any atom is -0.357 e. The van der Waals surface area contributed by atoms with Crippen LogP contribution in [0.5, 0.6) is 0 Å². The van der Waals surface area contributed by atoms with Crippen molar-refractivity contribution < 1.29 is 0 Å². The van der Waals surface area contributed by atoms with Gasteiger partial charge in [0.15, 0.2) is 5.96 Å². The number of piperidine rings is 1. The molecule has 0 aliphatic carbocycles. The molecule has 4 nitrogen and oxygen atoms in total. The van der Waals surface area contributed by atoms with Crippen LogP contribution in [0.15, 0.2) is 4.99 Å². The monoisotopic (exact) mass is 340 g/mol. The van der Waals surface area contributed by atoms with Gasteiger partial charge in [-0.3, -0.25) is 4.99 Å². The Morgan fingerprint density at radius 3 is 2.61 bits per heavy atom. The smallest absolute Gasteiger partial charge is 0.193 e. The lowest BCUT2D eigenvalue weighted by Crippen LogP contribution is -2.42. The van der Waals surface area contributed by atoms with Gasteiger partial charge >= 0.3 is 0 Å². The molecule has 0 saturated carbocycles. The van der Waals surface area contributed by atoms with Crippen LogP contribution in [0.25, 0.3) is 0 Å². The van der Waals surface area contributed by atoms with E-state index in [4.69, 9.17) is 4.99 Å². The van der Waals surface area contributed by atoms with Gasteiger partial charge in [0.2, 0.25) is 0 Å². The van der Waals surface area contributed by atoms with E-state index >= 15 is 0 Å². The molecule has 0 aromatic carbocycles. The fourth-order valence-electron chi connectivity index (χ4n) is 3.44. The summed E-state index contributed by atoms with van der Waals surface area (Å²) in [4.78, 5) is 10.1. The number of rotatable bonds is 6. The van der Waals surface area contributed by atoms with Crippen molar-refractivity contribution in [2.75, 3.05) is 52.1 Å². The summed E-state index contributed by atoms with van der Waals surface area (Å²) in [5.41, 5.74) is 0. The highest BCUT2D eigenvalue weighted by atomic mass is 32.2. The summed E-state index contributed by atoms with van der Waals surface area (Å²) in [6, 6.07) is 0. The second-order valence-electron chi connectivity index (χ2n) is 7.60. The third kappa shape index (κ3) is 6.18. The Morgan fingerprint density at radius 1 is 1.22 bits per heavy atom. The first-order valence-corrected chi connectivity index (χ1v) is 10.6. The fraction of sp³-hybridized carbons (Fsp3) is 0.944. The maximum atomic E-state index is 4.92. The van der Waals surface area contributed by atoms with E-state index < -0.39 is 0 Å². The molecule has 5 heteroatoms. The molecule has 0 aromatic rings. The standard InChI is InChI=1S/C18H36N4S/c1-5-19-17(20-15-18(2,3)23-4)22-12-9-16(14-22)13-21-10-7-6-8-11-21/h16H,5-15H2,1-4H3,(H,19,20). The van der Waals surface area contributed by atoms with E-state index in [1.807, 2.05) is 11.8 Å². The van der Waals surface area contributed by atoms with Gasteiger partial charge in [-0.25, -0.2) is 0 Å². The summed E-state index contributed by atoms with van der Waals surface area (Å²) in [7, 11) is 0. The molecule has 0 aromatic heterocycles. The summed E-state index contributed by atoms with van der Waals surface area (Å²) in [6.07, 6.45) is 7.70. The zero-order valence-electron chi connectivity index (χ0n) is 15.6. The molecule has 23 heavy (non-hydrogen) atoms. The van der Waals surface area contributed by atoms with Crippen LogP contribution < -0.4 is 5.32 Å². The lowest BCUT2D eigenvalue weighted by atomic mass is 10.1. The number of hydrogen-bond acceptors (Lipinski definition) is 3. The van der Waals surface area contributed by atoms with Crippen LogP contribution in [0.1, 0.15) is 46.5 Å². The molecular weight excluding hydrogens is 304 g/mol. The van der Waals surface area contributed by atoms with E-state index in [2.05, 4.69) is 42.1 Å². The molecule has 0 amide bonds. The highest BCUT2D eigenvalue weighted by molar-refractivity contribution is 7.99. The van der Waals surface area contributed by atoms with Crippen molar-refractivity contribution >= 4 is 17.7 Å². The number of thioether (sulfide) groups is 1. The molecule has 2 aliphatic heterocycles. The zero-order valence-corrected chi connectivity index (χ0v) is 16.4. The van der Waals surface area contributed by atoms with Gasteiger partial charge in [-0.05, 0) is 65.3 Å². The lowest BCUT2D eigenvalue weighted by molar-refractivity contribution is 0.198. The van der Waals surface area contributed by atoms with E-state index in [-0.39, 0.29) is 4.75 Å². The number of likely N-dealkylation sites (tertiary alicyclic amines) is 2. The molecule has 2 saturated heterocycles. The van der Waals surface area contributed by atoms with Crippen LogP contribution in [-0.2, 0) is 0 Å². The second kappa shape index (κ2) is 9.16. The third-order valence-electron chi connectivity index (χ3n) is 5.05. The normalized spacial score (nSPS) is 24.3. The average molecular weight is 341 g/mol. The van der Waals surface area contributed by atoms with Crippen molar-refractivity contribution in [3.8, 4) is 0 Å². The number of guanidine groups is 1. The third-order valence-corrected chi connectivity index (χ3v) is 6.28. The van der Waals surface area contributed by atoms with Crippen LogP contribution in [0, 0.1) is 5.92 Å². The molecule has 1 unspecified atom stereocenters. The number of nitrogens with zero attached hydrogens (tertiary/aromatic N) is 3. The maximum absolute atomic E-state index is 4.92. The minimum absolute atomic E-state index is 0.216. The summed E-state index contributed by atoms with van der Waals surface area (Å²) in [6.45, 7) is 14.8. The van der Waals surface area contributed by atoms with E-state index in [1.54, 1.807) is 0 Å². The molecule has 134 valence electrons. The van der Waals surface area contributed by atoms with Crippen LogP contribution in [-0.4, -0.2) is 72.6 Å². The topological polar surface area (TPSA) is 30.9 Å². The fourth-order valence-corrected chi connectivity index (χ4v) is 3.63. The van der Waals surface area contributed by atoms with Crippen LogP contribution in [0.4, 0.5) is 0 Å². The predicted molar refractivity (Wildman–Crippen MR) is 104 cm³/mol. The lowest BCUT2D eigenvalue weighted by Gasteiger charge is -2.29. The van der Waals surface area contributed by atoms with Gasteiger partial charge in [0.1, 0.15) is 0 Å². The van der Waals surface area contributed by atoms with E-state index in [9.17, 15) is 0 Å². The van der Waals surface area contributed by atoms with Gasteiger partial charge in [-0.15, -0.1) is 0 Å². The van der Waals surface area contributed by atoms with Gasteiger partial charge in [-0.2, -0.15) is 11.8 Å². The van der Waals surface area contributed by atoms with Crippen molar-refractivity contribution in [3.05, 3.63) is 0 Å². The second-order valence-corrected chi connectivity index (χ2v) is 9.11. The van der Waals surface area contributed by atoms with Crippen molar-refractivity contribution in [3.63, 3.8) is 0 Å². The number of aliphatic imine (C=N–C) groups is 1. The van der Waals surface area contributed by atoms with Gasteiger partial charge in [-0.1, -0.05) is 6.42 Å². The molecule has 0 bridgehead atoms. The molecular formula is C18H36N4S. The van der Waals surface area contributed by atoms with Gasteiger partial charge in [0.25, 0.3) is 0 Å². The Hall–Kier alpha value is -0.420. The maximum Gasteiger partial charge on any atom is 0.193 e. The Labute approximate surface area is 147 Å². The van der Waals surface area contributed by atoms with Crippen molar-refractivity contribution in [1.29, 1.82) is 0 Å². The highest BCUT2D eigenvalue weighted by Gasteiger charge is 2.27. The largest absolute Gasteiger partial charge is 0.357 e. The Bertz CT molecular complexity index is 377. The Kier molecular flexibility index (Phi) is 7.54. The molecule has 2 rings (SSSR count). The summed E-state index contributed by atoms with van der Waals surface area (Å²) < 4.78 is 0.216. The summed E-state index contributed by atoms with van der Waals surface area (Å²) in [5, 5.41) is 3.50. The Morgan fingerprint density at radius 2 is 1.96 bits per heavy atom. The molecule has 0 radical (unpaired) electrons. The number of hydrogen-bond donors (Lipinski definition) is 1. The molecule has 2 aliphatic rings. The number of nitrogens with one attached hydrogen (secondary N) is 1. The van der Waals surface area contributed by atoms with E-state index in [1.165, 1.54) is 51.9 Å². The van der Waals surface area contributed by atoms with E-state index in [0.29, 0.717) is 0 Å². The Balaban J connectivity index is 1.86. The molecule has 2 heterocycles. The first-order chi connectivity index (χ1) is 11.0. The SMILES string of the molecule is CCNC(=NCC(C)(C)SC)N1CCC(CN2CCCCC2)C1. The molecule has 2 fully saturated rings. The minimum atomic E-state index is 0.216. The summed E-state index contributed by atoms with van der Waals surface area (Å²) >= 11 is 1.89. The van der Waals surface area contributed by atoms with E-state index in [0.717, 1.165) is 31.5 Å². The average Bonchev–Trinajstić information content (AvgIpc) is 3.01. The summed E-state index contributed by atoms with van der Waals surface area (Å²) in [5.74, 6) is 1.93. The van der Waals surface area contributed by atoms with Gasteiger partial charge in [0, 0.05) is 30.9 Å². The van der Waals surface area contributed by atoms with Crippen molar-refractivity contribution in [1.82, 2.24) is 15.1 Å². The predicted octanol–water partition coefficient (Wildman–Crippen LogP) is 2.90. The van der Waals surface area contributed by atoms with Crippen LogP contribution in [0.2, 0.25) is 0 Å². The van der Waals surface area contributed by atoms with Gasteiger partial charge in [0.05, 0.1) is 6.54 Å². The zero-order chi connectivity index (χ0) is 16.7. The van der Waals surface area contributed by atoms with Crippen molar-refractivity contribution in [2.24, 2.45) is 10.9 Å². The molecule has 1 atom stereocenters. The quantitative estimate of drug-likeness (QED) is 0.595.